The monoisotopic (exact) mass is 245 g/mol. The van der Waals surface area contributed by atoms with E-state index in [-0.39, 0.29) is 0 Å². The lowest BCUT2D eigenvalue weighted by Gasteiger charge is -1.96. The molecule has 0 aromatic carbocycles. The van der Waals surface area contributed by atoms with Gasteiger partial charge in [0.2, 0.25) is 0 Å². The van der Waals surface area contributed by atoms with Crippen LogP contribution in [0.15, 0.2) is 36.8 Å². The number of aromatic nitrogens is 4. The molecule has 0 aliphatic carbocycles. The van der Waals surface area contributed by atoms with Crippen LogP contribution in [-0.4, -0.2) is 19.6 Å². The molecule has 3 aromatic rings. The Morgan fingerprint density at radius 1 is 1.24 bits per heavy atom. The van der Waals surface area contributed by atoms with Crippen LogP contribution in [0.4, 0.5) is 5.82 Å². The second-order valence-electron chi connectivity index (χ2n) is 3.56. The van der Waals surface area contributed by atoms with E-state index in [1.165, 1.54) is 0 Å². The molecule has 0 spiro atoms. The normalized spacial score (nSPS) is 10.9. The van der Waals surface area contributed by atoms with Crippen molar-refractivity contribution in [1.29, 1.82) is 0 Å². The van der Waals surface area contributed by atoms with Crippen molar-refractivity contribution in [2.75, 3.05) is 5.73 Å². The van der Waals surface area contributed by atoms with E-state index in [1.54, 1.807) is 35.2 Å². The van der Waals surface area contributed by atoms with Gasteiger partial charge in [-0.05, 0) is 12.1 Å². The van der Waals surface area contributed by atoms with Crippen molar-refractivity contribution in [1.82, 2.24) is 19.6 Å². The number of fused-ring (bicyclic) bond motifs is 1. The Balaban J connectivity index is 2.22. The van der Waals surface area contributed by atoms with Crippen molar-refractivity contribution in [3.05, 3.63) is 41.8 Å². The fourth-order valence-corrected chi connectivity index (χ4v) is 1.78. The molecule has 0 aliphatic rings. The van der Waals surface area contributed by atoms with Crippen molar-refractivity contribution in [3.8, 4) is 11.3 Å². The van der Waals surface area contributed by atoms with E-state index >= 15 is 0 Å². The van der Waals surface area contributed by atoms with Gasteiger partial charge in [-0.25, -0.2) is 4.98 Å². The van der Waals surface area contributed by atoms with Gasteiger partial charge in [-0.2, -0.15) is 9.61 Å². The quantitative estimate of drug-likeness (QED) is 0.712. The van der Waals surface area contributed by atoms with E-state index < -0.39 is 0 Å². The van der Waals surface area contributed by atoms with Gasteiger partial charge in [-0.3, -0.25) is 4.98 Å². The number of halogens is 1. The zero-order valence-electron chi connectivity index (χ0n) is 8.71. The lowest BCUT2D eigenvalue weighted by molar-refractivity contribution is 0.955. The third kappa shape index (κ3) is 1.70. The Hall–Kier alpha value is -2.14. The molecule has 0 bridgehead atoms. The first-order valence-corrected chi connectivity index (χ1v) is 5.33. The van der Waals surface area contributed by atoms with Crippen molar-refractivity contribution < 1.29 is 0 Å². The number of nitrogens with zero attached hydrogens (tertiary/aromatic N) is 4. The molecule has 0 saturated heterocycles. The summed E-state index contributed by atoms with van der Waals surface area (Å²) in [5.41, 5.74) is 8.07. The van der Waals surface area contributed by atoms with E-state index in [0.717, 1.165) is 11.3 Å². The highest BCUT2D eigenvalue weighted by Crippen LogP contribution is 2.21. The largest absolute Gasteiger partial charge is 0.384 e. The highest BCUT2D eigenvalue weighted by Gasteiger charge is 2.07. The molecule has 0 aliphatic heterocycles. The van der Waals surface area contributed by atoms with Crippen LogP contribution >= 0.6 is 11.6 Å². The minimum absolute atomic E-state index is 0.538. The molecule has 5 nitrogen and oxygen atoms in total. The molecule has 3 rings (SSSR count). The third-order valence-electron chi connectivity index (χ3n) is 2.39. The van der Waals surface area contributed by atoms with Crippen LogP contribution in [-0.2, 0) is 0 Å². The van der Waals surface area contributed by atoms with Gasteiger partial charge in [0, 0.05) is 30.2 Å². The highest BCUT2D eigenvalue weighted by molar-refractivity contribution is 6.30. The molecule has 0 radical (unpaired) electrons. The van der Waals surface area contributed by atoms with E-state index in [9.17, 15) is 0 Å². The number of nitrogen functional groups attached to an aromatic ring is 1. The summed E-state index contributed by atoms with van der Waals surface area (Å²) in [6, 6.07) is 5.33. The van der Waals surface area contributed by atoms with Crippen LogP contribution in [0, 0.1) is 0 Å². The molecule has 2 N–H and O–H groups in total. The summed E-state index contributed by atoms with van der Waals surface area (Å²) in [5, 5.41) is 4.92. The minimum atomic E-state index is 0.538. The summed E-state index contributed by atoms with van der Waals surface area (Å²) in [7, 11) is 0. The van der Waals surface area contributed by atoms with Gasteiger partial charge in [0.25, 0.3) is 0 Å². The molecular weight excluding hydrogens is 238 g/mol. The van der Waals surface area contributed by atoms with Gasteiger partial charge in [0.05, 0.1) is 10.7 Å². The zero-order valence-corrected chi connectivity index (χ0v) is 9.46. The minimum Gasteiger partial charge on any atom is -0.384 e. The summed E-state index contributed by atoms with van der Waals surface area (Å²) < 4.78 is 1.58. The summed E-state index contributed by atoms with van der Waals surface area (Å²) in [6.07, 6.45) is 4.92. The standard InChI is InChI=1S/C11H8ClN5/c12-8-3-7(5-14-6-8)9-4-11-15-2-1-10(13)17(11)16-9/h1-6H,13H2. The number of pyridine rings is 1. The van der Waals surface area contributed by atoms with Crippen LogP contribution in [0.1, 0.15) is 0 Å². The van der Waals surface area contributed by atoms with E-state index in [2.05, 4.69) is 15.1 Å². The molecule has 0 amide bonds. The first kappa shape index (κ1) is 10.0. The molecular formula is C11H8ClN5. The Bertz CT molecular complexity index is 691. The van der Waals surface area contributed by atoms with Crippen molar-refractivity contribution in [3.63, 3.8) is 0 Å². The Labute approximate surface area is 102 Å². The first-order valence-electron chi connectivity index (χ1n) is 4.95. The van der Waals surface area contributed by atoms with Gasteiger partial charge in [-0.1, -0.05) is 11.6 Å². The van der Waals surface area contributed by atoms with E-state index in [1.807, 2.05) is 6.07 Å². The van der Waals surface area contributed by atoms with Crippen LogP contribution in [0.5, 0.6) is 0 Å². The zero-order chi connectivity index (χ0) is 11.8. The predicted molar refractivity (Wildman–Crippen MR) is 65.6 cm³/mol. The maximum Gasteiger partial charge on any atom is 0.157 e. The smallest absolute Gasteiger partial charge is 0.157 e. The maximum absolute atomic E-state index is 5.89. The predicted octanol–water partition coefficient (Wildman–Crippen LogP) is 2.03. The molecule has 6 heteroatoms. The van der Waals surface area contributed by atoms with Gasteiger partial charge >= 0.3 is 0 Å². The molecule has 3 heterocycles. The number of hydrogen-bond donors (Lipinski definition) is 1. The highest BCUT2D eigenvalue weighted by atomic mass is 35.5. The molecule has 0 fully saturated rings. The van der Waals surface area contributed by atoms with Gasteiger partial charge in [0.15, 0.2) is 5.65 Å². The summed E-state index contributed by atoms with van der Waals surface area (Å²) in [5.74, 6) is 0.538. The summed E-state index contributed by atoms with van der Waals surface area (Å²) >= 11 is 5.89. The lowest BCUT2D eigenvalue weighted by Crippen LogP contribution is -1.98. The molecule has 0 saturated carbocycles. The molecule has 3 aromatic heterocycles. The van der Waals surface area contributed by atoms with E-state index in [0.29, 0.717) is 16.5 Å². The average molecular weight is 246 g/mol. The van der Waals surface area contributed by atoms with Crippen molar-refractivity contribution in [2.24, 2.45) is 0 Å². The Morgan fingerprint density at radius 2 is 2.12 bits per heavy atom. The summed E-state index contributed by atoms with van der Waals surface area (Å²) in [4.78, 5) is 8.20. The SMILES string of the molecule is Nc1ccnc2cc(-c3cncc(Cl)c3)nn12. The lowest BCUT2D eigenvalue weighted by atomic mass is 10.2. The van der Waals surface area contributed by atoms with Crippen molar-refractivity contribution in [2.45, 2.75) is 0 Å². The second kappa shape index (κ2) is 3.71. The molecule has 84 valence electrons. The Morgan fingerprint density at radius 3 is 2.88 bits per heavy atom. The van der Waals surface area contributed by atoms with Crippen LogP contribution < -0.4 is 5.73 Å². The topological polar surface area (TPSA) is 69.1 Å². The number of hydrogen-bond acceptors (Lipinski definition) is 4. The second-order valence-corrected chi connectivity index (χ2v) is 4.00. The molecule has 0 unspecified atom stereocenters. The number of rotatable bonds is 1. The first-order chi connectivity index (χ1) is 8.24. The van der Waals surface area contributed by atoms with Crippen LogP contribution in [0.25, 0.3) is 16.9 Å². The number of anilines is 1. The third-order valence-corrected chi connectivity index (χ3v) is 2.59. The molecule has 0 atom stereocenters. The average Bonchev–Trinajstić information content (AvgIpc) is 2.74. The maximum atomic E-state index is 5.89. The summed E-state index contributed by atoms with van der Waals surface area (Å²) in [6.45, 7) is 0. The van der Waals surface area contributed by atoms with Crippen molar-refractivity contribution >= 4 is 23.1 Å². The Kier molecular flexibility index (Phi) is 2.19. The van der Waals surface area contributed by atoms with Gasteiger partial charge < -0.3 is 5.73 Å². The fraction of sp³-hybridized carbons (Fsp3) is 0. The van der Waals surface area contributed by atoms with Gasteiger partial charge in [0.1, 0.15) is 5.82 Å². The number of nitrogens with two attached hydrogens (primary N) is 1. The van der Waals surface area contributed by atoms with Crippen LogP contribution in [0.3, 0.4) is 0 Å². The fourth-order valence-electron chi connectivity index (χ4n) is 1.61. The van der Waals surface area contributed by atoms with Crippen LogP contribution in [0.2, 0.25) is 5.02 Å². The molecule has 17 heavy (non-hydrogen) atoms. The van der Waals surface area contributed by atoms with E-state index in [4.69, 9.17) is 17.3 Å². The van der Waals surface area contributed by atoms with Gasteiger partial charge in [-0.15, -0.1) is 0 Å².